The van der Waals surface area contributed by atoms with E-state index >= 15 is 0 Å². The van der Waals surface area contributed by atoms with Gasteiger partial charge in [-0.15, -0.1) is 0 Å². The van der Waals surface area contributed by atoms with Crippen LogP contribution in [0, 0.1) is 23.4 Å². The SMILES string of the molecule is Fc1cc(CN2CCCC(C3CCCN3)C2)cc(F)c1F. The molecule has 0 bridgehead atoms. The van der Waals surface area contributed by atoms with Crippen LogP contribution in [0.25, 0.3) is 0 Å². The molecular weight excluding hydrogens is 277 g/mol. The highest BCUT2D eigenvalue weighted by atomic mass is 19.2. The third-order valence-electron chi connectivity index (χ3n) is 4.66. The highest BCUT2D eigenvalue weighted by Gasteiger charge is 2.29. The molecule has 0 amide bonds. The predicted octanol–water partition coefficient (Wildman–Crippen LogP) is 3.07. The molecule has 2 unspecified atom stereocenters. The molecule has 1 N–H and O–H groups in total. The molecule has 1 aromatic rings. The van der Waals surface area contributed by atoms with Crippen LogP contribution in [0.5, 0.6) is 0 Å². The number of benzene rings is 1. The predicted molar refractivity (Wildman–Crippen MR) is 75.3 cm³/mol. The van der Waals surface area contributed by atoms with Crippen LogP contribution in [0.1, 0.15) is 31.2 Å². The van der Waals surface area contributed by atoms with Crippen LogP contribution < -0.4 is 5.32 Å². The minimum Gasteiger partial charge on any atom is -0.314 e. The van der Waals surface area contributed by atoms with Crippen molar-refractivity contribution < 1.29 is 13.2 Å². The van der Waals surface area contributed by atoms with E-state index in [-0.39, 0.29) is 0 Å². The average molecular weight is 298 g/mol. The molecule has 2 aliphatic heterocycles. The lowest BCUT2D eigenvalue weighted by molar-refractivity contribution is 0.145. The maximum atomic E-state index is 13.3. The number of likely N-dealkylation sites (tertiary alicyclic amines) is 1. The number of nitrogens with zero attached hydrogens (tertiary/aromatic N) is 1. The lowest BCUT2D eigenvalue weighted by atomic mass is 9.89. The van der Waals surface area contributed by atoms with Crippen LogP contribution in [0.15, 0.2) is 12.1 Å². The first kappa shape index (κ1) is 14.9. The Morgan fingerprint density at radius 3 is 2.52 bits per heavy atom. The van der Waals surface area contributed by atoms with E-state index in [9.17, 15) is 13.2 Å². The van der Waals surface area contributed by atoms with Crippen LogP contribution in [-0.4, -0.2) is 30.6 Å². The van der Waals surface area contributed by atoms with Crippen molar-refractivity contribution in [2.45, 2.75) is 38.3 Å². The van der Waals surface area contributed by atoms with Crippen molar-refractivity contribution in [2.24, 2.45) is 5.92 Å². The van der Waals surface area contributed by atoms with Crippen LogP contribution in [0.4, 0.5) is 13.2 Å². The van der Waals surface area contributed by atoms with Gasteiger partial charge in [0.05, 0.1) is 0 Å². The minimum absolute atomic E-state index is 0.483. The summed E-state index contributed by atoms with van der Waals surface area (Å²) in [6, 6.07) is 2.79. The van der Waals surface area contributed by atoms with Crippen molar-refractivity contribution in [1.82, 2.24) is 10.2 Å². The fraction of sp³-hybridized carbons (Fsp3) is 0.625. The van der Waals surface area contributed by atoms with Gasteiger partial charge in [-0.1, -0.05) is 0 Å². The molecule has 2 atom stereocenters. The van der Waals surface area contributed by atoms with E-state index < -0.39 is 17.5 Å². The van der Waals surface area contributed by atoms with Gasteiger partial charge in [-0.25, -0.2) is 13.2 Å². The van der Waals surface area contributed by atoms with E-state index in [0.29, 0.717) is 24.1 Å². The largest absolute Gasteiger partial charge is 0.314 e. The molecule has 0 aliphatic carbocycles. The summed E-state index contributed by atoms with van der Waals surface area (Å²) in [6.45, 7) is 3.45. The van der Waals surface area contributed by atoms with Gasteiger partial charge in [0, 0.05) is 19.1 Å². The quantitative estimate of drug-likeness (QED) is 0.863. The fourth-order valence-electron chi connectivity index (χ4n) is 3.63. The Morgan fingerprint density at radius 1 is 1.10 bits per heavy atom. The van der Waals surface area contributed by atoms with Crippen LogP contribution >= 0.6 is 0 Å². The van der Waals surface area contributed by atoms with Crippen molar-refractivity contribution in [1.29, 1.82) is 0 Å². The summed E-state index contributed by atoms with van der Waals surface area (Å²) in [5, 5.41) is 3.54. The van der Waals surface area contributed by atoms with E-state index in [1.165, 1.54) is 19.3 Å². The van der Waals surface area contributed by atoms with E-state index in [0.717, 1.165) is 38.2 Å². The lowest BCUT2D eigenvalue weighted by Crippen LogP contribution is -2.43. The Labute approximate surface area is 123 Å². The van der Waals surface area contributed by atoms with E-state index in [1.807, 2.05) is 0 Å². The highest BCUT2D eigenvalue weighted by molar-refractivity contribution is 5.19. The first-order chi connectivity index (χ1) is 10.1. The van der Waals surface area contributed by atoms with Gasteiger partial charge in [0.25, 0.3) is 0 Å². The zero-order valence-corrected chi connectivity index (χ0v) is 12.0. The first-order valence-corrected chi connectivity index (χ1v) is 7.72. The summed E-state index contributed by atoms with van der Waals surface area (Å²) in [5.41, 5.74) is 0.506. The molecule has 2 heterocycles. The zero-order chi connectivity index (χ0) is 14.8. The number of nitrogens with one attached hydrogen (secondary N) is 1. The normalized spacial score (nSPS) is 27.2. The Hall–Kier alpha value is -1.07. The first-order valence-electron chi connectivity index (χ1n) is 7.72. The Morgan fingerprint density at radius 2 is 1.86 bits per heavy atom. The maximum absolute atomic E-state index is 13.3. The van der Waals surface area contributed by atoms with E-state index in [2.05, 4.69) is 10.2 Å². The topological polar surface area (TPSA) is 15.3 Å². The van der Waals surface area contributed by atoms with Crippen LogP contribution in [0.3, 0.4) is 0 Å². The molecule has 2 aliphatic rings. The van der Waals surface area contributed by atoms with Gasteiger partial charge in [-0.05, 0) is 62.4 Å². The molecule has 2 fully saturated rings. The van der Waals surface area contributed by atoms with Crippen LogP contribution in [-0.2, 0) is 6.54 Å². The Kier molecular flexibility index (Phi) is 4.50. The van der Waals surface area contributed by atoms with Crippen LogP contribution in [0.2, 0.25) is 0 Å². The van der Waals surface area contributed by atoms with Crippen molar-refractivity contribution in [3.63, 3.8) is 0 Å². The number of hydrogen-bond donors (Lipinski definition) is 1. The molecule has 1 aromatic carbocycles. The molecular formula is C16H21F3N2. The van der Waals surface area contributed by atoms with Gasteiger partial charge in [0.2, 0.25) is 0 Å². The van der Waals surface area contributed by atoms with Crippen molar-refractivity contribution in [3.05, 3.63) is 35.1 Å². The summed E-state index contributed by atoms with van der Waals surface area (Å²) in [6.07, 6.45) is 4.77. The van der Waals surface area contributed by atoms with Gasteiger partial charge in [0.15, 0.2) is 17.5 Å². The average Bonchev–Trinajstić information content (AvgIpc) is 2.99. The Balaban J connectivity index is 1.64. The number of piperidine rings is 1. The van der Waals surface area contributed by atoms with Gasteiger partial charge >= 0.3 is 0 Å². The van der Waals surface area contributed by atoms with E-state index in [4.69, 9.17) is 0 Å². The zero-order valence-electron chi connectivity index (χ0n) is 12.0. The monoisotopic (exact) mass is 298 g/mol. The summed E-state index contributed by atoms with van der Waals surface area (Å²) < 4.78 is 39.5. The standard InChI is InChI=1S/C16H21F3N2/c17-13-7-11(8-14(18)16(13)19)9-21-6-2-3-12(10-21)15-4-1-5-20-15/h7-8,12,15,20H,1-6,9-10H2. The summed E-state index contributed by atoms with van der Waals surface area (Å²) >= 11 is 0. The van der Waals surface area contributed by atoms with Crippen molar-refractivity contribution >= 4 is 0 Å². The molecule has 0 spiro atoms. The number of hydrogen-bond acceptors (Lipinski definition) is 2. The second kappa shape index (κ2) is 6.36. The molecule has 0 radical (unpaired) electrons. The molecule has 116 valence electrons. The summed E-state index contributed by atoms with van der Waals surface area (Å²) in [7, 11) is 0. The van der Waals surface area contributed by atoms with Gasteiger partial charge < -0.3 is 5.32 Å². The second-order valence-electron chi connectivity index (χ2n) is 6.21. The van der Waals surface area contributed by atoms with E-state index in [1.54, 1.807) is 0 Å². The lowest BCUT2D eigenvalue weighted by Gasteiger charge is -2.35. The second-order valence-corrected chi connectivity index (χ2v) is 6.21. The summed E-state index contributed by atoms with van der Waals surface area (Å²) in [5.74, 6) is -2.98. The van der Waals surface area contributed by atoms with Crippen molar-refractivity contribution in [3.8, 4) is 0 Å². The van der Waals surface area contributed by atoms with Gasteiger partial charge in [0.1, 0.15) is 0 Å². The molecule has 3 rings (SSSR count). The van der Waals surface area contributed by atoms with Gasteiger partial charge in [-0.2, -0.15) is 0 Å². The smallest absolute Gasteiger partial charge is 0.194 e. The third kappa shape index (κ3) is 3.40. The molecule has 0 saturated carbocycles. The molecule has 21 heavy (non-hydrogen) atoms. The maximum Gasteiger partial charge on any atom is 0.194 e. The molecule has 0 aromatic heterocycles. The fourth-order valence-corrected chi connectivity index (χ4v) is 3.63. The third-order valence-corrected chi connectivity index (χ3v) is 4.66. The minimum atomic E-state index is -1.38. The van der Waals surface area contributed by atoms with Gasteiger partial charge in [-0.3, -0.25) is 4.90 Å². The highest BCUT2D eigenvalue weighted by Crippen LogP contribution is 2.26. The molecule has 2 nitrogen and oxygen atoms in total. The number of rotatable bonds is 3. The number of halogens is 3. The van der Waals surface area contributed by atoms with Crippen molar-refractivity contribution in [2.75, 3.05) is 19.6 Å². The summed E-state index contributed by atoms with van der Waals surface area (Å²) in [4.78, 5) is 2.22. The molecule has 5 heteroatoms. The Bertz CT molecular complexity index is 477. The molecule has 2 saturated heterocycles.